The second-order valence-corrected chi connectivity index (χ2v) is 14.0. The molecule has 0 aliphatic heterocycles. The quantitative estimate of drug-likeness (QED) is 0.173. The summed E-state index contributed by atoms with van der Waals surface area (Å²) in [6, 6.07) is 67.7. The van der Waals surface area contributed by atoms with Crippen molar-refractivity contribution in [3.8, 4) is 22.3 Å². The van der Waals surface area contributed by atoms with Crippen molar-refractivity contribution in [2.45, 2.75) is 12.3 Å². The maximum absolute atomic E-state index is 2.44. The van der Waals surface area contributed by atoms with Gasteiger partial charge in [0.15, 0.2) is 0 Å². The lowest BCUT2D eigenvalue weighted by Gasteiger charge is -2.32. The van der Waals surface area contributed by atoms with Crippen molar-refractivity contribution in [1.29, 1.82) is 0 Å². The fourth-order valence-corrected chi connectivity index (χ4v) is 9.57. The predicted molar refractivity (Wildman–Crippen MR) is 215 cm³/mol. The highest BCUT2D eigenvalue weighted by Crippen LogP contribution is 2.66. The first-order valence-corrected chi connectivity index (χ1v) is 17.9. The van der Waals surface area contributed by atoms with Gasteiger partial charge in [0.05, 0.1) is 5.41 Å². The summed E-state index contributed by atoms with van der Waals surface area (Å²) in [4.78, 5) is 2.41. The number of hydrogen-bond donors (Lipinski definition) is 0. The number of aryl methyl sites for hydroxylation is 1. The van der Waals surface area contributed by atoms with Crippen LogP contribution >= 0.6 is 0 Å². The van der Waals surface area contributed by atoms with Crippen LogP contribution in [-0.4, -0.2) is 0 Å². The summed E-state index contributed by atoms with van der Waals surface area (Å²) in [5.41, 5.74) is 15.1. The molecule has 11 rings (SSSR count). The van der Waals surface area contributed by atoms with Gasteiger partial charge in [-0.25, -0.2) is 0 Å². The van der Waals surface area contributed by atoms with Gasteiger partial charge in [-0.15, -0.1) is 0 Å². The molecule has 1 spiro atoms. The van der Waals surface area contributed by atoms with Gasteiger partial charge >= 0.3 is 0 Å². The van der Waals surface area contributed by atoms with Crippen LogP contribution in [0.25, 0.3) is 54.6 Å². The first-order valence-electron chi connectivity index (χ1n) is 17.9. The van der Waals surface area contributed by atoms with Crippen LogP contribution in [-0.2, 0) is 5.41 Å². The minimum atomic E-state index is -0.458. The summed E-state index contributed by atoms with van der Waals surface area (Å²) in [6.07, 6.45) is 0. The van der Waals surface area contributed by atoms with E-state index in [4.69, 9.17) is 0 Å². The molecule has 0 N–H and O–H groups in total. The molecule has 0 atom stereocenters. The van der Waals surface area contributed by atoms with Crippen LogP contribution < -0.4 is 4.90 Å². The zero-order valence-electron chi connectivity index (χ0n) is 28.3. The fourth-order valence-electron chi connectivity index (χ4n) is 9.57. The summed E-state index contributed by atoms with van der Waals surface area (Å²) < 4.78 is 0. The Bertz CT molecular complexity index is 2840. The Labute approximate surface area is 297 Å². The smallest absolute Gasteiger partial charge is 0.0732 e. The molecule has 9 aromatic carbocycles. The number of para-hydroxylation sites is 2. The molecule has 2 aliphatic rings. The molecular weight excluding hydrogens is 615 g/mol. The van der Waals surface area contributed by atoms with E-state index in [1.54, 1.807) is 0 Å². The summed E-state index contributed by atoms with van der Waals surface area (Å²) in [5, 5.41) is 7.74. The molecule has 1 nitrogen and oxygen atoms in total. The average molecular weight is 648 g/mol. The Morgan fingerprint density at radius 2 is 1.02 bits per heavy atom. The number of nitrogens with zero attached hydrogens (tertiary/aromatic N) is 1. The summed E-state index contributed by atoms with van der Waals surface area (Å²) >= 11 is 0. The summed E-state index contributed by atoms with van der Waals surface area (Å²) in [6.45, 7) is 2.20. The third-order valence-corrected chi connectivity index (χ3v) is 11.5. The number of hydrogen-bond acceptors (Lipinski definition) is 1. The topological polar surface area (TPSA) is 3.24 Å². The van der Waals surface area contributed by atoms with E-state index in [-0.39, 0.29) is 0 Å². The van der Waals surface area contributed by atoms with Crippen molar-refractivity contribution in [2.24, 2.45) is 0 Å². The van der Waals surface area contributed by atoms with Crippen LogP contribution in [0.1, 0.15) is 27.8 Å². The zero-order chi connectivity index (χ0) is 33.7. The third-order valence-electron chi connectivity index (χ3n) is 11.5. The van der Waals surface area contributed by atoms with Crippen molar-refractivity contribution >= 4 is 49.4 Å². The normalized spacial score (nSPS) is 13.4. The predicted octanol–water partition coefficient (Wildman–Crippen LogP) is 13.3. The standard InChI is InChI=1S/C50H33N/c1-32-15-5-14-26-46(32)51(34-17-3-2-4-18-34)35-28-29-41-42(31-35)37-20-8-9-23-40(37)48-47-36-19-7-6-16-33(36)27-30-45(47)50(49(41)48)43-24-12-10-21-38(43)39-22-11-13-25-44(39)50/h2-31H,1H3. The lowest BCUT2D eigenvalue weighted by Crippen LogP contribution is -2.26. The molecule has 0 radical (unpaired) electrons. The second kappa shape index (κ2) is 10.5. The Hall–Kier alpha value is -6.44. The Morgan fingerprint density at radius 1 is 0.392 bits per heavy atom. The maximum Gasteiger partial charge on any atom is 0.0732 e. The monoisotopic (exact) mass is 647 g/mol. The van der Waals surface area contributed by atoms with Crippen molar-refractivity contribution in [3.05, 3.63) is 210 Å². The van der Waals surface area contributed by atoms with Gasteiger partial charge in [0, 0.05) is 17.1 Å². The van der Waals surface area contributed by atoms with Crippen molar-refractivity contribution in [2.75, 3.05) is 4.90 Å². The maximum atomic E-state index is 2.44. The first-order chi connectivity index (χ1) is 25.2. The highest BCUT2D eigenvalue weighted by Gasteiger charge is 2.53. The molecule has 0 saturated heterocycles. The molecule has 9 aromatic rings. The molecule has 0 unspecified atom stereocenters. The SMILES string of the molecule is Cc1ccccc1N(c1ccccc1)c1ccc2c3c(c4ccccc4c2c1)-c1c(ccc2ccccc12)C31c2ccccc2-c2ccccc21. The second-order valence-electron chi connectivity index (χ2n) is 14.0. The summed E-state index contributed by atoms with van der Waals surface area (Å²) in [7, 11) is 0. The van der Waals surface area contributed by atoms with E-state index in [1.807, 2.05) is 0 Å². The van der Waals surface area contributed by atoms with Gasteiger partial charge in [-0.3, -0.25) is 0 Å². The van der Waals surface area contributed by atoms with E-state index in [1.165, 1.54) is 88.1 Å². The zero-order valence-corrected chi connectivity index (χ0v) is 28.3. The van der Waals surface area contributed by atoms with Crippen LogP contribution in [0.3, 0.4) is 0 Å². The Balaban J connectivity index is 1.33. The van der Waals surface area contributed by atoms with Gasteiger partial charge in [-0.2, -0.15) is 0 Å². The number of benzene rings is 9. The molecule has 1 heteroatoms. The van der Waals surface area contributed by atoms with E-state index in [9.17, 15) is 0 Å². The minimum Gasteiger partial charge on any atom is -0.310 e. The molecule has 238 valence electrons. The van der Waals surface area contributed by atoms with E-state index < -0.39 is 5.41 Å². The molecule has 0 bridgehead atoms. The van der Waals surface area contributed by atoms with Gasteiger partial charge in [0.2, 0.25) is 0 Å². The molecule has 0 aromatic heterocycles. The Kier molecular flexibility index (Phi) is 5.86. The van der Waals surface area contributed by atoms with Crippen LogP contribution in [0.15, 0.2) is 182 Å². The van der Waals surface area contributed by atoms with Gasteiger partial charge in [-0.05, 0) is 120 Å². The lowest BCUT2D eigenvalue weighted by atomic mass is 9.69. The van der Waals surface area contributed by atoms with Gasteiger partial charge in [0.25, 0.3) is 0 Å². The molecule has 0 saturated carbocycles. The molecule has 0 heterocycles. The van der Waals surface area contributed by atoms with Crippen molar-refractivity contribution < 1.29 is 0 Å². The van der Waals surface area contributed by atoms with Crippen molar-refractivity contribution in [1.82, 2.24) is 0 Å². The van der Waals surface area contributed by atoms with E-state index >= 15 is 0 Å². The summed E-state index contributed by atoms with van der Waals surface area (Å²) in [5.74, 6) is 0. The van der Waals surface area contributed by atoms with Gasteiger partial charge < -0.3 is 4.90 Å². The average Bonchev–Trinajstić information content (AvgIpc) is 3.67. The van der Waals surface area contributed by atoms with Gasteiger partial charge in [-0.1, -0.05) is 152 Å². The molecule has 51 heavy (non-hydrogen) atoms. The van der Waals surface area contributed by atoms with Crippen LogP contribution in [0.2, 0.25) is 0 Å². The molecule has 2 aliphatic carbocycles. The van der Waals surface area contributed by atoms with Crippen LogP contribution in [0, 0.1) is 6.92 Å². The van der Waals surface area contributed by atoms with Gasteiger partial charge in [0.1, 0.15) is 0 Å². The van der Waals surface area contributed by atoms with E-state index in [2.05, 4.69) is 194 Å². The van der Waals surface area contributed by atoms with E-state index in [0.717, 1.165) is 11.4 Å². The van der Waals surface area contributed by atoms with Crippen molar-refractivity contribution in [3.63, 3.8) is 0 Å². The lowest BCUT2D eigenvalue weighted by molar-refractivity contribution is 0.802. The molecule has 0 amide bonds. The first kappa shape index (κ1) is 28.4. The Morgan fingerprint density at radius 3 is 1.78 bits per heavy atom. The van der Waals surface area contributed by atoms with Crippen LogP contribution in [0.4, 0.5) is 17.1 Å². The molecular formula is C50H33N. The number of anilines is 3. The largest absolute Gasteiger partial charge is 0.310 e. The number of rotatable bonds is 3. The minimum absolute atomic E-state index is 0.458. The van der Waals surface area contributed by atoms with Crippen LogP contribution in [0.5, 0.6) is 0 Å². The fraction of sp³-hybridized carbons (Fsp3) is 0.0400. The number of fused-ring (bicyclic) bond motifs is 17. The molecule has 0 fully saturated rings. The highest BCUT2D eigenvalue weighted by molar-refractivity contribution is 6.23. The van der Waals surface area contributed by atoms with E-state index in [0.29, 0.717) is 0 Å². The highest BCUT2D eigenvalue weighted by atomic mass is 15.1. The third kappa shape index (κ3) is 3.70.